The molecule has 0 aromatic heterocycles. The maximum atomic E-state index is 13.3. The minimum atomic E-state index is -1.19. The van der Waals surface area contributed by atoms with Gasteiger partial charge < -0.3 is 9.84 Å². The van der Waals surface area contributed by atoms with E-state index in [-0.39, 0.29) is 6.61 Å². The van der Waals surface area contributed by atoms with Gasteiger partial charge in [-0.05, 0) is 50.6 Å². The van der Waals surface area contributed by atoms with Crippen molar-refractivity contribution < 1.29 is 24.2 Å². The van der Waals surface area contributed by atoms with E-state index in [9.17, 15) is 19.5 Å². The van der Waals surface area contributed by atoms with Crippen LogP contribution in [0, 0.1) is 0 Å². The number of aliphatic carboxylic acids is 1. The molecule has 0 spiro atoms. The molecule has 1 aliphatic heterocycles. The fourth-order valence-corrected chi connectivity index (χ4v) is 4.93. The van der Waals surface area contributed by atoms with Gasteiger partial charge in [-0.1, -0.05) is 54.2 Å². The van der Waals surface area contributed by atoms with Gasteiger partial charge in [0.15, 0.2) is 0 Å². The minimum absolute atomic E-state index is 0.220. The van der Waals surface area contributed by atoms with Gasteiger partial charge in [0.1, 0.15) is 11.1 Å². The van der Waals surface area contributed by atoms with Crippen LogP contribution >= 0.6 is 23.5 Å². The Morgan fingerprint density at radius 2 is 1.86 bits per heavy atom. The van der Waals surface area contributed by atoms with E-state index in [4.69, 9.17) is 4.74 Å². The Morgan fingerprint density at radius 1 is 1.17 bits per heavy atom. The monoisotopic (exact) mass is 515 g/mol. The number of benzene rings is 2. The van der Waals surface area contributed by atoms with Crippen molar-refractivity contribution in [3.05, 3.63) is 65.7 Å². The van der Waals surface area contributed by atoms with Crippen molar-refractivity contribution in [2.45, 2.75) is 49.0 Å². The number of nitrogens with one attached hydrogen (secondary N) is 1. The standard InChI is InChI=1S/C25H29N3O5S2/c1-4-33-25(32)20(15-10-17-8-6-5-7-9-17)26-16(2)22(29)28-23(24(30)31)35-21(27-28)18-11-13-19(34-3)14-12-18/h5-9,11-14,16,20,23,26H,4,10,15H2,1-3H3,(H,30,31)/t16-,20-,23?/m0/s1. The Balaban J connectivity index is 1.74. The highest BCUT2D eigenvalue weighted by atomic mass is 32.2. The molecule has 0 fully saturated rings. The molecule has 2 aromatic carbocycles. The van der Waals surface area contributed by atoms with Crippen molar-refractivity contribution in [3.63, 3.8) is 0 Å². The minimum Gasteiger partial charge on any atom is -0.479 e. The summed E-state index contributed by atoms with van der Waals surface area (Å²) in [6.07, 6.45) is 3.01. The first kappa shape index (κ1) is 26.8. The molecule has 3 rings (SSSR count). The average molecular weight is 516 g/mol. The molecule has 1 aliphatic rings. The zero-order valence-corrected chi connectivity index (χ0v) is 21.5. The SMILES string of the molecule is CCOC(=O)[C@H](CCc1ccccc1)N[C@@H](C)C(=O)N1N=C(c2ccc(SC)cc2)SC1C(=O)O. The first-order valence-corrected chi connectivity index (χ1v) is 13.4. The van der Waals surface area contributed by atoms with Gasteiger partial charge in [0.25, 0.3) is 5.91 Å². The number of carboxylic acids is 1. The Bertz CT molecular complexity index is 1060. The Hall–Kier alpha value is -2.82. The molecule has 1 amide bonds. The van der Waals surface area contributed by atoms with Gasteiger partial charge in [-0.2, -0.15) is 5.10 Å². The number of thioether (sulfide) groups is 2. The molecule has 186 valence electrons. The molecule has 8 nitrogen and oxygen atoms in total. The smallest absolute Gasteiger partial charge is 0.339 e. The molecule has 2 aromatic rings. The summed E-state index contributed by atoms with van der Waals surface area (Å²) in [7, 11) is 0. The Kier molecular flexibility index (Phi) is 9.76. The van der Waals surface area contributed by atoms with Gasteiger partial charge in [-0.25, -0.2) is 9.80 Å². The van der Waals surface area contributed by atoms with Crippen molar-refractivity contribution in [2.75, 3.05) is 12.9 Å². The lowest BCUT2D eigenvalue weighted by Gasteiger charge is -2.25. The number of carbonyl (C=O) groups excluding carboxylic acids is 2. The summed E-state index contributed by atoms with van der Waals surface area (Å²) in [6, 6.07) is 15.7. The number of hydrogen-bond acceptors (Lipinski definition) is 8. The molecule has 1 unspecified atom stereocenters. The van der Waals surface area contributed by atoms with Crippen LogP contribution in [0.3, 0.4) is 0 Å². The zero-order chi connectivity index (χ0) is 25.4. The molecule has 1 heterocycles. The highest BCUT2D eigenvalue weighted by Gasteiger charge is 2.40. The molecule has 0 saturated heterocycles. The summed E-state index contributed by atoms with van der Waals surface area (Å²) in [5.41, 5.74) is 1.80. The molecule has 0 saturated carbocycles. The molecule has 0 bridgehead atoms. The third-order valence-corrected chi connectivity index (χ3v) is 7.28. The number of amides is 1. The first-order valence-electron chi connectivity index (χ1n) is 11.3. The quantitative estimate of drug-likeness (QED) is 0.345. The number of hydrazone groups is 1. The maximum absolute atomic E-state index is 13.3. The number of hydrogen-bond donors (Lipinski definition) is 2. The third kappa shape index (κ3) is 7.09. The summed E-state index contributed by atoms with van der Waals surface area (Å²) in [5.74, 6) is -2.15. The van der Waals surface area contributed by atoms with Crippen molar-refractivity contribution in [1.82, 2.24) is 10.3 Å². The Labute approximate surface area is 213 Å². The third-order valence-electron chi connectivity index (χ3n) is 5.38. The molecule has 0 radical (unpaired) electrons. The molecule has 0 aliphatic carbocycles. The summed E-state index contributed by atoms with van der Waals surface area (Å²) < 4.78 is 5.20. The number of nitrogens with zero attached hydrogens (tertiary/aromatic N) is 2. The molecule has 35 heavy (non-hydrogen) atoms. The van der Waals surface area contributed by atoms with Gasteiger partial charge >= 0.3 is 11.9 Å². The summed E-state index contributed by atoms with van der Waals surface area (Å²) in [6.45, 7) is 3.54. The van der Waals surface area contributed by atoms with E-state index in [1.54, 1.807) is 25.6 Å². The van der Waals surface area contributed by atoms with Gasteiger partial charge in [-0.3, -0.25) is 14.9 Å². The van der Waals surface area contributed by atoms with E-state index in [1.807, 2.05) is 60.9 Å². The normalized spacial score (nSPS) is 16.9. The van der Waals surface area contributed by atoms with Crippen LogP contribution in [0.5, 0.6) is 0 Å². The van der Waals surface area contributed by atoms with Crippen LogP contribution in [-0.4, -0.2) is 63.3 Å². The second-order valence-electron chi connectivity index (χ2n) is 7.84. The van der Waals surface area contributed by atoms with Gasteiger partial charge in [0, 0.05) is 10.5 Å². The molecule has 10 heteroatoms. The number of carboxylic acid groups (broad SMARTS) is 1. The fraction of sp³-hybridized carbons (Fsp3) is 0.360. The number of carbonyl (C=O) groups is 3. The van der Waals surface area contributed by atoms with Crippen LogP contribution in [0.4, 0.5) is 0 Å². The van der Waals surface area contributed by atoms with Gasteiger partial charge in [0.2, 0.25) is 5.37 Å². The second-order valence-corrected chi connectivity index (χ2v) is 9.79. The average Bonchev–Trinajstić information content (AvgIpc) is 3.32. The topological polar surface area (TPSA) is 108 Å². The summed E-state index contributed by atoms with van der Waals surface area (Å²) in [5, 5.41) is 17.4. The summed E-state index contributed by atoms with van der Waals surface area (Å²) >= 11 is 2.61. The van der Waals surface area contributed by atoms with Crippen molar-refractivity contribution in [1.29, 1.82) is 0 Å². The van der Waals surface area contributed by atoms with Gasteiger partial charge in [0.05, 0.1) is 12.6 Å². The predicted octanol–water partition coefficient (Wildman–Crippen LogP) is 3.60. The first-order chi connectivity index (χ1) is 16.8. The van der Waals surface area contributed by atoms with E-state index in [0.29, 0.717) is 17.9 Å². The lowest BCUT2D eigenvalue weighted by Crippen LogP contribution is -2.52. The van der Waals surface area contributed by atoms with Crippen molar-refractivity contribution >= 4 is 46.4 Å². The van der Waals surface area contributed by atoms with Gasteiger partial charge in [-0.15, -0.1) is 11.8 Å². The molecular weight excluding hydrogens is 486 g/mol. The second kappa shape index (κ2) is 12.8. The molecule has 2 N–H and O–H groups in total. The van der Waals surface area contributed by atoms with Crippen LogP contribution in [0.15, 0.2) is 64.6 Å². The zero-order valence-electron chi connectivity index (χ0n) is 19.8. The van der Waals surface area contributed by atoms with Crippen LogP contribution in [0.25, 0.3) is 0 Å². The van der Waals surface area contributed by atoms with Crippen LogP contribution in [0.2, 0.25) is 0 Å². The van der Waals surface area contributed by atoms with Crippen LogP contribution in [0.1, 0.15) is 31.4 Å². The van der Waals surface area contributed by atoms with E-state index < -0.39 is 35.3 Å². The van der Waals surface area contributed by atoms with E-state index in [1.165, 1.54) is 0 Å². The molecular formula is C25H29N3O5S2. The van der Waals surface area contributed by atoms with Crippen molar-refractivity contribution in [3.8, 4) is 0 Å². The number of ether oxygens (including phenoxy) is 1. The van der Waals surface area contributed by atoms with E-state index >= 15 is 0 Å². The van der Waals surface area contributed by atoms with E-state index in [2.05, 4.69) is 10.4 Å². The fourth-order valence-electron chi connectivity index (χ4n) is 3.55. The maximum Gasteiger partial charge on any atom is 0.339 e. The Morgan fingerprint density at radius 3 is 2.46 bits per heavy atom. The lowest BCUT2D eigenvalue weighted by atomic mass is 10.0. The highest BCUT2D eigenvalue weighted by Crippen LogP contribution is 2.31. The number of rotatable bonds is 11. The lowest BCUT2D eigenvalue weighted by molar-refractivity contribution is -0.149. The van der Waals surface area contributed by atoms with Crippen molar-refractivity contribution in [2.24, 2.45) is 5.10 Å². The van der Waals surface area contributed by atoms with Crippen LogP contribution < -0.4 is 5.32 Å². The number of esters is 1. The number of aryl methyl sites for hydroxylation is 1. The highest BCUT2D eigenvalue weighted by molar-refractivity contribution is 8.15. The molecule has 3 atom stereocenters. The largest absolute Gasteiger partial charge is 0.479 e. The van der Waals surface area contributed by atoms with E-state index in [0.717, 1.165) is 32.8 Å². The predicted molar refractivity (Wildman–Crippen MR) is 138 cm³/mol. The van der Waals surface area contributed by atoms with Crippen LogP contribution in [-0.2, 0) is 25.5 Å². The summed E-state index contributed by atoms with van der Waals surface area (Å²) in [4.78, 5) is 38.8.